The number of guanidine groups is 1. The predicted octanol–water partition coefficient (Wildman–Crippen LogP) is 3.27. The first-order valence-electron chi connectivity index (χ1n) is 9.59. The van der Waals surface area contributed by atoms with Crippen LogP contribution in [0.15, 0.2) is 33.2 Å². The van der Waals surface area contributed by atoms with Crippen LogP contribution in [-0.2, 0) is 17.8 Å². The minimum atomic E-state index is 0. The molecule has 0 aliphatic carbocycles. The molecule has 0 atom stereocenters. The zero-order valence-corrected chi connectivity index (χ0v) is 19.5. The van der Waals surface area contributed by atoms with E-state index in [1.165, 1.54) is 18.0 Å². The summed E-state index contributed by atoms with van der Waals surface area (Å²) in [5.41, 5.74) is 1.15. The van der Waals surface area contributed by atoms with Crippen LogP contribution < -0.4 is 15.5 Å². The van der Waals surface area contributed by atoms with Gasteiger partial charge in [0.25, 0.3) is 0 Å². The molecular weight excluding hydrogens is 489 g/mol. The fourth-order valence-electron chi connectivity index (χ4n) is 2.94. The highest BCUT2D eigenvalue weighted by atomic mass is 127. The summed E-state index contributed by atoms with van der Waals surface area (Å²) in [6.45, 7) is 5.13. The van der Waals surface area contributed by atoms with Crippen LogP contribution >= 0.6 is 35.3 Å². The molecule has 0 amide bonds. The topological polar surface area (TPSA) is 74.9 Å². The van der Waals surface area contributed by atoms with Crippen molar-refractivity contribution in [2.75, 3.05) is 44.7 Å². The van der Waals surface area contributed by atoms with Gasteiger partial charge in [-0.15, -0.1) is 35.3 Å². The van der Waals surface area contributed by atoms with Crippen LogP contribution in [0.4, 0.5) is 5.13 Å². The highest BCUT2D eigenvalue weighted by molar-refractivity contribution is 14.0. The van der Waals surface area contributed by atoms with E-state index in [0.717, 1.165) is 56.4 Å². The quantitative estimate of drug-likeness (QED) is 0.217. The lowest BCUT2D eigenvalue weighted by molar-refractivity contribution is 0.105. The predicted molar refractivity (Wildman–Crippen MR) is 125 cm³/mol. The van der Waals surface area contributed by atoms with Gasteiger partial charge in [-0.3, -0.25) is 4.99 Å². The van der Waals surface area contributed by atoms with Gasteiger partial charge in [0.2, 0.25) is 0 Å². The molecule has 7 nitrogen and oxygen atoms in total. The summed E-state index contributed by atoms with van der Waals surface area (Å²) in [6.07, 6.45) is 6.04. The van der Waals surface area contributed by atoms with Crippen LogP contribution in [0.2, 0.25) is 0 Å². The summed E-state index contributed by atoms with van der Waals surface area (Å²) in [4.78, 5) is 11.4. The number of nitrogens with one attached hydrogen (secondary N) is 2. The lowest BCUT2D eigenvalue weighted by Crippen LogP contribution is -2.39. The Kier molecular flexibility index (Phi) is 10.7. The summed E-state index contributed by atoms with van der Waals surface area (Å²) >= 11 is 1.75. The van der Waals surface area contributed by atoms with E-state index in [-0.39, 0.29) is 24.0 Å². The second kappa shape index (κ2) is 13.0. The number of furan rings is 1. The van der Waals surface area contributed by atoms with Gasteiger partial charge in [-0.25, -0.2) is 4.98 Å². The van der Waals surface area contributed by atoms with Gasteiger partial charge in [0, 0.05) is 51.6 Å². The fourth-order valence-corrected chi connectivity index (χ4v) is 3.86. The SMILES string of the molecule is CN=C(NCCCOCc1ccco1)NCCc1csc(N2CCCC2)n1.I. The Bertz CT molecular complexity index is 686. The molecule has 0 radical (unpaired) electrons. The Morgan fingerprint density at radius 2 is 2.14 bits per heavy atom. The summed E-state index contributed by atoms with van der Waals surface area (Å²) in [7, 11) is 1.79. The molecule has 28 heavy (non-hydrogen) atoms. The van der Waals surface area contributed by atoms with Gasteiger partial charge in [-0.2, -0.15) is 0 Å². The molecule has 3 rings (SSSR count). The summed E-state index contributed by atoms with van der Waals surface area (Å²) in [6, 6.07) is 3.79. The molecule has 0 saturated carbocycles. The van der Waals surface area contributed by atoms with Gasteiger partial charge in [0.05, 0.1) is 12.0 Å². The molecule has 9 heteroatoms. The summed E-state index contributed by atoms with van der Waals surface area (Å²) < 4.78 is 10.8. The van der Waals surface area contributed by atoms with Crippen LogP contribution in [0.3, 0.4) is 0 Å². The molecular formula is C19H30IN5O2S. The third-order valence-corrected chi connectivity index (χ3v) is 5.35. The van der Waals surface area contributed by atoms with Crippen molar-refractivity contribution in [3.05, 3.63) is 35.2 Å². The van der Waals surface area contributed by atoms with Gasteiger partial charge in [0.15, 0.2) is 11.1 Å². The molecule has 2 aromatic heterocycles. The fraction of sp³-hybridized carbons (Fsp3) is 0.579. The smallest absolute Gasteiger partial charge is 0.190 e. The maximum atomic E-state index is 5.57. The number of hydrogen-bond donors (Lipinski definition) is 2. The summed E-state index contributed by atoms with van der Waals surface area (Å²) in [5.74, 6) is 1.67. The second-order valence-electron chi connectivity index (χ2n) is 6.48. The maximum Gasteiger partial charge on any atom is 0.190 e. The minimum Gasteiger partial charge on any atom is -0.467 e. The van der Waals surface area contributed by atoms with Crippen molar-refractivity contribution in [3.63, 3.8) is 0 Å². The number of ether oxygens (including phenoxy) is 1. The van der Waals surface area contributed by atoms with Crippen molar-refractivity contribution in [3.8, 4) is 0 Å². The minimum absolute atomic E-state index is 0. The molecule has 0 aromatic carbocycles. The number of aliphatic imine (C=N–C) groups is 1. The molecule has 1 saturated heterocycles. The molecule has 2 aromatic rings. The number of aromatic nitrogens is 1. The van der Waals surface area contributed by atoms with E-state index < -0.39 is 0 Å². The Labute approximate surface area is 188 Å². The van der Waals surface area contributed by atoms with Crippen LogP contribution in [0, 0.1) is 0 Å². The van der Waals surface area contributed by atoms with Crippen LogP contribution in [-0.4, -0.2) is 50.8 Å². The number of rotatable bonds is 10. The molecule has 156 valence electrons. The molecule has 0 bridgehead atoms. The normalized spacial score (nSPS) is 14.2. The van der Waals surface area contributed by atoms with Crippen molar-refractivity contribution < 1.29 is 9.15 Å². The van der Waals surface area contributed by atoms with E-state index in [9.17, 15) is 0 Å². The highest BCUT2D eigenvalue weighted by Gasteiger charge is 2.15. The first kappa shape index (κ1) is 23.0. The van der Waals surface area contributed by atoms with Gasteiger partial charge >= 0.3 is 0 Å². The lowest BCUT2D eigenvalue weighted by atomic mass is 10.3. The number of halogens is 1. The Hall–Kier alpha value is -1.33. The maximum absolute atomic E-state index is 5.57. The van der Waals surface area contributed by atoms with Crippen molar-refractivity contribution in [1.29, 1.82) is 0 Å². The molecule has 3 heterocycles. The average Bonchev–Trinajstić information content (AvgIpc) is 3.45. The molecule has 0 unspecified atom stereocenters. The van der Waals surface area contributed by atoms with Gasteiger partial charge < -0.3 is 24.7 Å². The number of hydrogen-bond acceptors (Lipinski definition) is 6. The van der Waals surface area contributed by atoms with Crippen molar-refractivity contribution in [2.24, 2.45) is 4.99 Å². The first-order chi connectivity index (χ1) is 13.3. The largest absolute Gasteiger partial charge is 0.467 e. The van der Waals surface area contributed by atoms with E-state index in [4.69, 9.17) is 14.1 Å². The van der Waals surface area contributed by atoms with E-state index in [2.05, 4.69) is 25.9 Å². The highest BCUT2D eigenvalue weighted by Crippen LogP contribution is 2.24. The van der Waals surface area contributed by atoms with Gasteiger partial charge in [-0.1, -0.05) is 0 Å². The number of nitrogens with zero attached hydrogens (tertiary/aromatic N) is 3. The van der Waals surface area contributed by atoms with Crippen molar-refractivity contribution in [1.82, 2.24) is 15.6 Å². The van der Waals surface area contributed by atoms with Crippen LogP contribution in [0.5, 0.6) is 0 Å². The number of anilines is 1. The number of thiazole rings is 1. The Morgan fingerprint density at radius 3 is 2.89 bits per heavy atom. The lowest BCUT2D eigenvalue weighted by Gasteiger charge is -2.12. The molecule has 2 N–H and O–H groups in total. The van der Waals surface area contributed by atoms with E-state index in [1.54, 1.807) is 24.6 Å². The van der Waals surface area contributed by atoms with Crippen LogP contribution in [0.25, 0.3) is 0 Å². The molecule has 1 fully saturated rings. The molecule has 1 aliphatic rings. The standard InChI is InChI=1S/C19H29N5O2S.HI/c1-20-18(21-8-5-12-25-14-17-6-4-13-26-17)22-9-7-16-15-27-19(23-16)24-10-2-3-11-24;/h4,6,13,15H,2-3,5,7-12,14H2,1H3,(H2,20,21,22);1H. The van der Waals surface area contributed by atoms with E-state index in [1.807, 2.05) is 12.1 Å². The monoisotopic (exact) mass is 519 g/mol. The van der Waals surface area contributed by atoms with Crippen molar-refractivity contribution >= 4 is 46.4 Å². The third kappa shape index (κ3) is 7.59. The van der Waals surface area contributed by atoms with Gasteiger partial charge in [-0.05, 0) is 31.4 Å². The van der Waals surface area contributed by atoms with E-state index in [0.29, 0.717) is 13.2 Å². The zero-order valence-electron chi connectivity index (χ0n) is 16.4. The van der Waals surface area contributed by atoms with Crippen LogP contribution in [0.1, 0.15) is 30.7 Å². The molecule has 0 spiro atoms. The Balaban J connectivity index is 0.00000280. The Morgan fingerprint density at radius 1 is 1.32 bits per heavy atom. The second-order valence-corrected chi connectivity index (χ2v) is 7.31. The first-order valence-corrected chi connectivity index (χ1v) is 10.5. The van der Waals surface area contributed by atoms with E-state index >= 15 is 0 Å². The van der Waals surface area contributed by atoms with Gasteiger partial charge in [0.1, 0.15) is 12.4 Å². The molecule has 1 aliphatic heterocycles. The average molecular weight is 519 g/mol. The summed E-state index contributed by atoms with van der Waals surface area (Å²) in [5, 5.41) is 9.99. The third-order valence-electron chi connectivity index (χ3n) is 4.40. The van der Waals surface area contributed by atoms with Crippen molar-refractivity contribution in [2.45, 2.75) is 32.3 Å². The zero-order chi connectivity index (χ0) is 18.7.